The van der Waals surface area contributed by atoms with Crippen molar-refractivity contribution >= 4 is 11.8 Å². The van der Waals surface area contributed by atoms with Crippen LogP contribution >= 0.6 is 0 Å². The Kier molecular flexibility index (Phi) is 2.91. The second-order valence-electron chi connectivity index (χ2n) is 4.49. The van der Waals surface area contributed by atoms with Crippen molar-refractivity contribution in [2.75, 3.05) is 5.32 Å². The third-order valence-electron chi connectivity index (χ3n) is 3.21. The van der Waals surface area contributed by atoms with Crippen molar-refractivity contribution in [3.05, 3.63) is 40.9 Å². The Morgan fingerprint density at radius 3 is 3.11 bits per heavy atom. The zero-order valence-corrected chi connectivity index (χ0v) is 10.2. The predicted molar refractivity (Wildman–Crippen MR) is 67.1 cm³/mol. The Balaban J connectivity index is 1.88. The van der Waals surface area contributed by atoms with Gasteiger partial charge in [0.25, 0.3) is 0 Å². The number of aromatic carboxylic acids is 1. The number of carboxylic acid groups (broad SMARTS) is 1. The van der Waals surface area contributed by atoms with Gasteiger partial charge in [0.1, 0.15) is 23.3 Å². The monoisotopic (exact) mass is 259 g/mol. The highest BCUT2D eigenvalue weighted by Gasteiger charge is 2.19. The van der Waals surface area contributed by atoms with Crippen molar-refractivity contribution in [1.29, 1.82) is 0 Å². The van der Waals surface area contributed by atoms with Gasteiger partial charge < -0.3 is 14.9 Å². The number of anilines is 1. The first-order valence-corrected chi connectivity index (χ1v) is 6.13. The maximum atomic E-state index is 11.3. The van der Waals surface area contributed by atoms with Crippen molar-refractivity contribution in [3.8, 4) is 0 Å². The molecule has 0 aromatic carbocycles. The quantitative estimate of drug-likeness (QED) is 0.871. The van der Waals surface area contributed by atoms with Gasteiger partial charge >= 0.3 is 5.97 Å². The molecule has 19 heavy (non-hydrogen) atoms. The second-order valence-corrected chi connectivity index (χ2v) is 4.49. The molecule has 3 rings (SSSR count). The Bertz CT molecular complexity index is 608. The van der Waals surface area contributed by atoms with Crippen LogP contribution in [0.15, 0.2) is 22.9 Å². The van der Waals surface area contributed by atoms with Crippen LogP contribution in [-0.4, -0.2) is 21.2 Å². The van der Waals surface area contributed by atoms with E-state index in [0.717, 1.165) is 30.5 Å². The van der Waals surface area contributed by atoms with E-state index in [0.29, 0.717) is 18.1 Å². The zero-order chi connectivity index (χ0) is 13.2. The van der Waals surface area contributed by atoms with Crippen molar-refractivity contribution in [2.24, 2.45) is 0 Å². The molecule has 0 saturated heterocycles. The molecule has 2 aromatic rings. The molecule has 1 aliphatic carbocycles. The lowest BCUT2D eigenvalue weighted by Crippen LogP contribution is -2.10. The van der Waals surface area contributed by atoms with Gasteiger partial charge in [0, 0.05) is 11.8 Å². The molecule has 6 nitrogen and oxygen atoms in total. The van der Waals surface area contributed by atoms with Gasteiger partial charge in [-0.3, -0.25) is 0 Å². The number of carbonyl (C=O) groups is 1. The SMILES string of the molecule is O=C(O)c1cc2c(nc1NCc1ccon1)CCC2. The molecule has 2 heterocycles. The summed E-state index contributed by atoms with van der Waals surface area (Å²) < 4.78 is 4.73. The first kappa shape index (κ1) is 11.7. The van der Waals surface area contributed by atoms with Crippen LogP contribution in [0.5, 0.6) is 0 Å². The zero-order valence-electron chi connectivity index (χ0n) is 10.2. The van der Waals surface area contributed by atoms with Gasteiger partial charge in [0.2, 0.25) is 0 Å². The predicted octanol–water partition coefficient (Wildman–Crippen LogP) is 1.87. The summed E-state index contributed by atoms with van der Waals surface area (Å²) in [5.41, 5.74) is 2.96. The number of fused-ring (bicyclic) bond motifs is 1. The fraction of sp³-hybridized carbons (Fsp3) is 0.308. The van der Waals surface area contributed by atoms with Crippen LogP contribution in [0.25, 0.3) is 0 Å². The minimum absolute atomic E-state index is 0.212. The highest BCUT2D eigenvalue weighted by molar-refractivity contribution is 5.93. The molecule has 0 amide bonds. The van der Waals surface area contributed by atoms with Gasteiger partial charge in [-0.2, -0.15) is 0 Å². The maximum absolute atomic E-state index is 11.3. The van der Waals surface area contributed by atoms with Crippen molar-refractivity contribution < 1.29 is 14.4 Å². The number of pyridine rings is 1. The van der Waals surface area contributed by atoms with Crippen LogP contribution < -0.4 is 5.32 Å². The van der Waals surface area contributed by atoms with E-state index in [-0.39, 0.29) is 5.56 Å². The van der Waals surface area contributed by atoms with E-state index in [2.05, 4.69) is 15.5 Å². The summed E-state index contributed by atoms with van der Waals surface area (Å²) in [6.45, 7) is 0.391. The van der Waals surface area contributed by atoms with E-state index in [9.17, 15) is 9.90 Å². The molecule has 0 bridgehead atoms. The Morgan fingerprint density at radius 1 is 1.47 bits per heavy atom. The molecule has 2 N–H and O–H groups in total. The molecule has 0 radical (unpaired) electrons. The van der Waals surface area contributed by atoms with E-state index in [1.54, 1.807) is 12.1 Å². The van der Waals surface area contributed by atoms with Crippen LogP contribution in [0.4, 0.5) is 5.82 Å². The average molecular weight is 259 g/mol. The standard InChI is InChI=1S/C13H13N3O3/c17-13(18)10-6-8-2-1-3-11(8)15-12(10)14-7-9-4-5-19-16-9/h4-6H,1-3,7H2,(H,14,15)(H,17,18). The third kappa shape index (κ3) is 2.29. The highest BCUT2D eigenvalue weighted by atomic mass is 16.5. The van der Waals surface area contributed by atoms with E-state index >= 15 is 0 Å². The van der Waals surface area contributed by atoms with Crippen LogP contribution in [0, 0.1) is 0 Å². The summed E-state index contributed by atoms with van der Waals surface area (Å²) >= 11 is 0. The van der Waals surface area contributed by atoms with Gasteiger partial charge in [-0.1, -0.05) is 5.16 Å². The summed E-state index contributed by atoms with van der Waals surface area (Å²) in [5, 5.41) is 16.0. The number of aryl methyl sites for hydroxylation is 2. The summed E-state index contributed by atoms with van der Waals surface area (Å²) in [7, 11) is 0. The van der Waals surface area contributed by atoms with Crippen LogP contribution in [0.2, 0.25) is 0 Å². The van der Waals surface area contributed by atoms with Gasteiger partial charge in [-0.05, 0) is 30.9 Å². The molecule has 1 aliphatic rings. The van der Waals surface area contributed by atoms with Crippen molar-refractivity contribution in [3.63, 3.8) is 0 Å². The van der Waals surface area contributed by atoms with E-state index in [1.165, 1.54) is 6.26 Å². The lowest BCUT2D eigenvalue weighted by atomic mass is 10.1. The summed E-state index contributed by atoms with van der Waals surface area (Å²) in [6.07, 6.45) is 4.33. The molecule has 0 saturated carbocycles. The van der Waals surface area contributed by atoms with Gasteiger partial charge in [0.15, 0.2) is 0 Å². The molecule has 0 aliphatic heterocycles. The molecule has 98 valence electrons. The van der Waals surface area contributed by atoms with Crippen molar-refractivity contribution in [1.82, 2.24) is 10.1 Å². The Labute approximate surface area is 109 Å². The highest BCUT2D eigenvalue weighted by Crippen LogP contribution is 2.25. The lowest BCUT2D eigenvalue weighted by Gasteiger charge is -2.10. The van der Waals surface area contributed by atoms with Gasteiger partial charge in [-0.15, -0.1) is 0 Å². The average Bonchev–Trinajstić information content (AvgIpc) is 3.05. The summed E-state index contributed by atoms with van der Waals surface area (Å²) in [6, 6.07) is 3.45. The number of aromatic nitrogens is 2. The third-order valence-corrected chi connectivity index (χ3v) is 3.21. The van der Waals surface area contributed by atoms with Crippen LogP contribution in [-0.2, 0) is 19.4 Å². The first-order valence-electron chi connectivity index (χ1n) is 6.13. The molecular formula is C13H13N3O3. The molecule has 0 atom stereocenters. The molecule has 6 heteroatoms. The number of hydrogen-bond donors (Lipinski definition) is 2. The Hall–Kier alpha value is -2.37. The minimum Gasteiger partial charge on any atom is -0.478 e. The van der Waals surface area contributed by atoms with E-state index < -0.39 is 5.97 Å². The second kappa shape index (κ2) is 4.72. The summed E-state index contributed by atoms with van der Waals surface area (Å²) in [5.74, 6) is -0.569. The van der Waals surface area contributed by atoms with Crippen LogP contribution in [0.3, 0.4) is 0 Å². The minimum atomic E-state index is -0.968. The Morgan fingerprint density at radius 2 is 2.37 bits per heavy atom. The smallest absolute Gasteiger partial charge is 0.339 e. The van der Waals surface area contributed by atoms with E-state index in [4.69, 9.17) is 4.52 Å². The fourth-order valence-corrected chi connectivity index (χ4v) is 2.27. The van der Waals surface area contributed by atoms with Gasteiger partial charge in [-0.25, -0.2) is 9.78 Å². The largest absolute Gasteiger partial charge is 0.478 e. The summed E-state index contributed by atoms with van der Waals surface area (Å²) in [4.78, 5) is 15.7. The molecule has 0 unspecified atom stereocenters. The number of carboxylic acids is 1. The number of rotatable bonds is 4. The fourth-order valence-electron chi connectivity index (χ4n) is 2.27. The maximum Gasteiger partial charge on any atom is 0.339 e. The normalized spacial score (nSPS) is 13.3. The molecule has 0 fully saturated rings. The van der Waals surface area contributed by atoms with Crippen LogP contribution in [0.1, 0.15) is 33.7 Å². The first-order chi connectivity index (χ1) is 9.24. The number of hydrogen-bond acceptors (Lipinski definition) is 5. The molecular weight excluding hydrogens is 246 g/mol. The molecule has 0 spiro atoms. The van der Waals surface area contributed by atoms with Gasteiger partial charge in [0.05, 0.1) is 6.54 Å². The molecule has 2 aromatic heterocycles. The van der Waals surface area contributed by atoms with Crippen molar-refractivity contribution in [2.45, 2.75) is 25.8 Å². The number of nitrogens with zero attached hydrogens (tertiary/aromatic N) is 2. The lowest BCUT2D eigenvalue weighted by molar-refractivity contribution is 0.0697. The van der Waals surface area contributed by atoms with E-state index in [1.807, 2.05) is 0 Å². The number of nitrogens with one attached hydrogen (secondary N) is 1. The topological polar surface area (TPSA) is 88.2 Å².